The maximum Gasteiger partial charge on any atom is 0.197 e. The molecule has 126 valence electrons. The lowest BCUT2D eigenvalue weighted by atomic mass is 9.93. The fourth-order valence-corrected chi connectivity index (χ4v) is 5.17. The standard InChI is InChI=1S/C12H27O6P3/c1-19(2,13)16-10-7-11(17-20(3,4)14)9-12(8-10)18-21(5,6)15/h10-12H,7-9H2,1-6H3. The van der Waals surface area contributed by atoms with Crippen LogP contribution >= 0.6 is 22.1 Å². The molecule has 0 aliphatic heterocycles. The molecular weight excluding hydrogens is 333 g/mol. The predicted molar refractivity (Wildman–Crippen MR) is 86.8 cm³/mol. The van der Waals surface area contributed by atoms with Crippen molar-refractivity contribution < 1.29 is 27.3 Å². The highest BCUT2D eigenvalue weighted by Gasteiger charge is 2.36. The highest BCUT2D eigenvalue weighted by molar-refractivity contribution is 7.57. The number of hydrogen-bond acceptors (Lipinski definition) is 6. The van der Waals surface area contributed by atoms with Crippen LogP contribution in [-0.4, -0.2) is 58.3 Å². The normalized spacial score (nSPS) is 28.6. The predicted octanol–water partition coefficient (Wildman–Crippen LogP) is 3.94. The first-order valence-electron chi connectivity index (χ1n) is 6.94. The summed E-state index contributed by atoms with van der Waals surface area (Å²) in [7, 11) is -7.92. The fourth-order valence-electron chi connectivity index (χ4n) is 2.50. The molecule has 1 fully saturated rings. The number of rotatable bonds is 6. The molecule has 0 atom stereocenters. The molecule has 9 heteroatoms. The minimum atomic E-state index is -2.64. The van der Waals surface area contributed by atoms with E-state index in [9.17, 15) is 13.7 Å². The molecule has 0 aromatic carbocycles. The van der Waals surface area contributed by atoms with Gasteiger partial charge in [-0.2, -0.15) is 0 Å². The summed E-state index contributed by atoms with van der Waals surface area (Å²) in [5, 5.41) is 0. The van der Waals surface area contributed by atoms with Crippen molar-refractivity contribution in [1.29, 1.82) is 0 Å². The molecule has 1 rings (SSSR count). The molecule has 0 aromatic rings. The van der Waals surface area contributed by atoms with Crippen molar-refractivity contribution in [2.24, 2.45) is 0 Å². The van der Waals surface area contributed by atoms with E-state index in [4.69, 9.17) is 13.6 Å². The summed E-state index contributed by atoms with van der Waals surface area (Å²) >= 11 is 0. The number of hydrogen-bond donors (Lipinski definition) is 0. The second-order valence-corrected chi connectivity index (χ2v) is 14.8. The van der Waals surface area contributed by atoms with Crippen LogP contribution in [0.15, 0.2) is 0 Å². The Balaban J connectivity index is 2.80. The van der Waals surface area contributed by atoms with E-state index in [1.807, 2.05) is 0 Å². The van der Waals surface area contributed by atoms with Crippen LogP contribution in [0, 0.1) is 0 Å². The monoisotopic (exact) mass is 360 g/mol. The third kappa shape index (κ3) is 9.33. The van der Waals surface area contributed by atoms with Gasteiger partial charge in [-0.25, -0.2) is 0 Å². The zero-order valence-corrected chi connectivity index (χ0v) is 16.3. The van der Waals surface area contributed by atoms with Gasteiger partial charge in [0.2, 0.25) is 0 Å². The smallest absolute Gasteiger partial charge is 0.197 e. The van der Waals surface area contributed by atoms with E-state index in [1.54, 1.807) is 40.0 Å². The third-order valence-corrected chi connectivity index (χ3v) is 5.20. The van der Waals surface area contributed by atoms with Crippen molar-refractivity contribution in [2.75, 3.05) is 40.0 Å². The van der Waals surface area contributed by atoms with Crippen molar-refractivity contribution in [2.45, 2.75) is 37.6 Å². The van der Waals surface area contributed by atoms with Gasteiger partial charge in [0, 0.05) is 59.3 Å². The van der Waals surface area contributed by atoms with E-state index in [1.165, 1.54) is 0 Å². The Morgan fingerprint density at radius 1 is 0.571 bits per heavy atom. The van der Waals surface area contributed by atoms with Crippen molar-refractivity contribution in [3.63, 3.8) is 0 Å². The second-order valence-electron chi connectivity index (χ2n) is 6.65. The van der Waals surface area contributed by atoms with E-state index in [0.29, 0.717) is 19.3 Å². The summed E-state index contributed by atoms with van der Waals surface area (Å²) in [5.74, 6) is 0. The molecule has 21 heavy (non-hydrogen) atoms. The van der Waals surface area contributed by atoms with Gasteiger partial charge in [0.25, 0.3) is 0 Å². The molecule has 1 saturated carbocycles. The molecule has 0 N–H and O–H groups in total. The Bertz CT molecular complexity index is 410. The van der Waals surface area contributed by atoms with Crippen LogP contribution in [0.4, 0.5) is 0 Å². The summed E-state index contributed by atoms with van der Waals surface area (Å²) in [6, 6.07) is 0. The van der Waals surface area contributed by atoms with E-state index >= 15 is 0 Å². The van der Waals surface area contributed by atoms with Gasteiger partial charge in [0.05, 0.1) is 18.3 Å². The lowest BCUT2D eigenvalue weighted by Crippen LogP contribution is -2.36. The van der Waals surface area contributed by atoms with Crippen LogP contribution in [0.25, 0.3) is 0 Å². The topological polar surface area (TPSA) is 78.9 Å². The lowest BCUT2D eigenvalue weighted by molar-refractivity contribution is 0.0103. The fraction of sp³-hybridized carbons (Fsp3) is 1.00. The van der Waals surface area contributed by atoms with Crippen LogP contribution in [0.1, 0.15) is 19.3 Å². The van der Waals surface area contributed by atoms with Gasteiger partial charge >= 0.3 is 0 Å². The van der Waals surface area contributed by atoms with E-state index in [-0.39, 0.29) is 18.3 Å². The van der Waals surface area contributed by atoms with Crippen LogP contribution in [0.2, 0.25) is 0 Å². The highest BCUT2D eigenvalue weighted by Crippen LogP contribution is 2.49. The summed E-state index contributed by atoms with van der Waals surface area (Å²) in [6.07, 6.45) is 0.673. The van der Waals surface area contributed by atoms with Gasteiger partial charge < -0.3 is 13.6 Å². The van der Waals surface area contributed by atoms with Gasteiger partial charge in [-0.1, -0.05) is 0 Å². The molecule has 6 nitrogen and oxygen atoms in total. The van der Waals surface area contributed by atoms with Gasteiger partial charge in [0.1, 0.15) is 0 Å². The molecule has 0 saturated heterocycles. The average Bonchev–Trinajstić information content (AvgIpc) is 2.06. The summed E-state index contributed by atoms with van der Waals surface area (Å²) in [6.45, 7) is 9.35. The van der Waals surface area contributed by atoms with Crippen LogP contribution < -0.4 is 0 Å². The largest absolute Gasteiger partial charge is 0.325 e. The molecule has 0 amide bonds. The maximum absolute atomic E-state index is 11.9. The lowest BCUT2D eigenvalue weighted by Gasteiger charge is -2.36. The minimum absolute atomic E-state index is 0.298. The summed E-state index contributed by atoms with van der Waals surface area (Å²) < 4.78 is 52.3. The maximum atomic E-state index is 11.9. The van der Waals surface area contributed by atoms with Crippen molar-refractivity contribution in [1.82, 2.24) is 0 Å². The molecule has 0 radical (unpaired) electrons. The Morgan fingerprint density at radius 2 is 0.762 bits per heavy atom. The van der Waals surface area contributed by atoms with Crippen molar-refractivity contribution in [3.05, 3.63) is 0 Å². The van der Waals surface area contributed by atoms with Crippen molar-refractivity contribution in [3.8, 4) is 0 Å². The molecule has 0 unspecified atom stereocenters. The first-order chi connectivity index (χ1) is 9.23. The molecule has 0 spiro atoms. The highest BCUT2D eigenvalue weighted by atomic mass is 31.2. The zero-order valence-electron chi connectivity index (χ0n) is 13.6. The summed E-state index contributed by atoms with van der Waals surface area (Å²) in [5.41, 5.74) is 0. The first-order valence-corrected chi connectivity index (χ1v) is 14.5. The first kappa shape index (κ1) is 19.6. The second kappa shape index (κ2) is 6.99. The molecule has 0 heterocycles. The Hall–Kier alpha value is 0.570. The van der Waals surface area contributed by atoms with Crippen LogP contribution in [0.3, 0.4) is 0 Å². The van der Waals surface area contributed by atoms with Crippen LogP contribution in [-0.2, 0) is 27.3 Å². The van der Waals surface area contributed by atoms with E-state index < -0.39 is 22.1 Å². The van der Waals surface area contributed by atoms with Crippen molar-refractivity contribution >= 4 is 22.1 Å². The molecule has 1 aliphatic rings. The van der Waals surface area contributed by atoms with Gasteiger partial charge in [-0.15, -0.1) is 0 Å². The van der Waals surface area contributed by atoms with E-state index in [0.717, 1.165) is 0 Å². The SMILES string of the molecule is CP(C)(=O)OC1CC(OP(C)(C)=O)CC(OP(C)(C)=O)C1. The van der Waals surface area contributed by atoms with Gasteiger partial charge in [-0.05, 0) is 0 Å². The van der Waals surface area contributed by atoms with Gasteiger partial charge in [0.15, 0.2) is 22.1 Å². The Labute approximate surface area is 127 Å². The molecule has 0 aromatic heterocycles. The van der Waals surface area contributed by atoms with Crippen LogP contribution in [0.5, 0.6) is 0 Å². The quantitative estimate of drug-likeness (QED) is 0.668. The zero-order chi connectivity index (χ0) is 16.5. The molecule has 1 aliphatic carbocycles. The molecular formula is C12H27O6P3. The van der Waals surface area contributed by atoms with E-state index in [2.05, 4.69) is 0 Å². The Morgan fingerprint density at radius 3 is 0.905 bits per heavy atom. The average molecular weight is 360 g/mol. The van der Waals surface area contributed by atoms with Gasteiger partial charge in [-0.3, -0.25) is 13.7 Å². The Kier molecular flexibility index (Phi) is 6.53. The molecule has 0 bridgehead atoms. The minimum Gasteiger partial charge on any atom is -0.325 e. The third-order valence-electron chi connectivity index (χ3n) is 2.79. The summed E-state index contributed by atoms with van der Waals surface area (Å²) in [4.78, 5) is 0.